The normalized spacial score (nSPS) is 12.5. The second-order valence-corrected chi connectivity index (χ2v) is 5.25. The Labute approximate surface area is 109 Å². The minimum Gasteiger partial charge on any atom is -0.481 e. The van der Waals surface area contributed by atoms with E-state index in [9.17, 15) is 9.59 Å². The molecule has 0 bridgehead atoms. The minimum atomic E-state index is -0.824. The van der Waals surface area contributed by atoms with Crippen molar-refractivity contribution in [2.24, 2.45) is 17.6 Å². The van der Waals surface area contributed by atoms with Crippen molar-refractivity contribution >= 4 is 11.9 Å². The summed E-state index contributed by atoms with van der Waals surface area (Å²) >= 11 is 0. The lowest BCUT2D eigenvalue weighted by atomic mass is 9.94. The van der Waals surface area contributed by atoms with Crippen LogP contribution < -0.4 is 5.73 Å². The molecule has 5 heteroatoms. The Morgan fingerprint density at radius 2 is 1.94 bits per heavy atom. The molecule has 1 amide bonds. The number of carboxylic acids is 1. The number of nitrogens with two attached hydrogens (primary N) is 1. The van der Waals surface area contributed by atoms with E-state index in [0.29, 0.717) is 31.8 Å². The molecule has 5 nitrogen and oxygen atoms in total. The highest BCUT2D eigenvalue weighted by atomic mass is 16.4. The number of carbonyl (C=O) groups is 2. The van der Waals surface area contributed by atoms with E-state index in [-0.39, 0.29) is 18.2 Å². The SMILES string of the molecule is CC(C)C[C@H](CN)CC(=O)N(C)CCCC(=O)O. The van der Waals surface area contributed by atoms with Crippen molar-refractivity contribution in [1.82, 2.24) is 4.90 Å². The van der Waals surface area contributed by atoms with Crippen molar-refractivity contribution < 1.29 is 14.7 Å². The Morgan fingerprint density at radius 1 is 1.33 bits per heavy atom. The van der Waals surface area contributed by atoms with Crippen molar-refractivity contribution in [3.05, 3.63) is 0 Å². The first-order chi connectivity index (χ1) is 8.36. The third-order valence-corrected chi connectivity index (χ3v) is 2.91. The maximum Gasteiger partial charge on any atom is 0.303 e. The smallest absolute Gasteiger partial charge is 0.303 e. The molecule has 0 aromatic heterocycles. The first kappa shape index (κ1) is 16.9. The summed E-state index contributed by atoms with van der Waals surface area (Å²) in [4.78, 5) is 23.9. The number of carboxylic acid groups (broad SMARTS) is 1. The molecule has 0 aliphatic rings. The fourth-order valence-electron chi connectivity index (χ4n) is 1.92. The van der Waals surface area contributed by atoms with Gasteiger partial charge in [-0.15, -0.1) is 0 Å². The van der Waals surface area contributed by atoms with E-state index in [2.05, 4.69) is 13.8 Å². The maximum atomic E-state index is 11.9. The molecule has 0 rings (SSSR count). The first-order valence-electron chi connectivity index (χ1n) is 6.52. The van der Waals surface area contributed by atoms with Crippen LogP contribution in [0.15, 0.2) is 0 Å². The Hall–Kier alpha value is -1.10. The monoisotopic (exact) mass is 258 g/mol. The van der Waals surface area contributed by atoms with Gasteiger partial charge in [0.25, 0.3) is 0 Å². The summed E-state index contributed by atoms with van der Waals surface area (Å²) < 4.78 is 0. The second-order valence-electron chi connectivity index (χ2n) is 5.25. The number of aliphatic carboxylic acids is 1. The third kappa shape index (κ3) is 8.06. The van der Waals surface area contributed by atoms with Crippen LogP contribution >= 0.6 is 0 Å². The fourth-order valence-corrected chi connectivity index (χ4v) is 1.92. The summed E-state index contributed by atoms with van der Waals surface area (Å²) in [5.41, 5.74) is 5.66. The molecule has 0 unspecified atom stereocenters. The van der Waals surface area contributed by atoms with E-state index in [1.165, 1.54) is 0 Å². The summed E-state index contributed by atoms with van der Waals surface area (Å²) in [6.07, 6.45) is 2.00. The van der Waals surface area contributed by atoms with Crippen LogP contribution in [0.3, 0.4) is 0 Å². The molecular weight excluding hydrogens is 232 g/mol. The topological polar surface area (TPSA) is 83.6 Å². The van der Waals surface area contributed by atoms with Gasteiger partial charge in [0.1, 0.15) is 0 Å². The maximum absolute atomic E-state index is 11.9. The van der Waals surface area contributed by atoms with Crippen LogP contribution in [0.2, 0.25) is 0 Å². The molecule has 0 saturated carbocycles. The molecule has 0 spiro atoms. The van der Waals surface area contributed by atoms with Crippen LogP contribution in [-0.2, 0) is 9.59 Å². The predicted molar refractivity (Wildman–Crippen MR) is 71.1 cm³/mol. The zero-order chi connectivity index (χ0) is 14.1. The molecule has 3 N–H and O–H groups in total. The zero-order valence-electron chi connectivity index (χ0n) is 11.7. The van der Waals surface area contributed by atoms with Gasteiger partial charge in [-0.05, 0) is 31.2 Å². The molecule has 0 aliphatic heterocycles. The van der Waals surface area contributed by atoms with Gasteiger partial charge in [-0.25, -0.2) is 0 Å². The predicted octanol–water partition coefficient (Wildman–Crippen LogP) is 1.32. The summed E-state index contributed by atoms with van der Waals surface area (Å²) in [5, 5.41) is 8.53. The van der Waals surface area contributed by atoms with Crippen LogP contribution in [-0.4, -0.2) is 42.0 Å². The van der Waals surface area contributed by atoms with Crippen LogP contribution in [0.1, 0.15) is 39.5 Å². The molecule has 0 fully saturated rings. The van der Waals surface area contributed by atoms with Gasteiger partial charge in [0.05, 0.1) is 0 Å². The lowest BCUT2D eigenvalue weighted by Gasteiger charge is -2.21. The van der Waals surface area contributed by atoms with Crippen LogP contribution in [0, 0.1) is 11.8 Å². The van der Waals surface area contributed by atoms with E-state index >= 15 is 0 Å². The van der Waals surface area contributed by atoms with E-state index < -0.39 is 5.97 Å². The summed E-state index contributed by atoms with van der Waals surface area (Å²) in [7, 11) is 1.72. The molecule has 0 aliphatic carbocycles. The van der Waals surface area contributed by atoms with Gasteiger partial charge in [0.2, 0.25) is 5.91 Å². The Bertz CT molecular complexity index is 267. The van der Waals surface area contributed by atoms with Gasteiger partial charge < -0.3 is 15.7 Å². The molecule has 0 radical (unpaired) electrons. The molecule has 0 heterocycles. The zero-order valence-corrected chi connectivity index (χ0v) is 11.7. The molecular formula is C13H26N2O3. The largest absolute Gasteiger partial charge is 0.481 e. The van der Waals surface area contributed by atoms with E-state index in [4.69, 9.17) is 10.8 Å². The van der Waals surface area contributed by atoms with Crippen molar-refractivity contribution in [2.75, 3.05) is 20.1 Å². The molecule has 0 aromatic carbocycles. The standard InChI is InChI=1S/C13H26N2O3/c1-10(2)7-11(9-14)8-12(16)15(3)6-4-5-13(17)18/h10-11H,4-9,14H2,1-3H3,(H,17,18)/t11-/m0/s1. The van der Waals surface area contributed by atoms with Crippen molar-refractivity contribution in [2.45, 2.75) is 39.5 Å². The third-order valence-electron chi connectivity index (χ3n) is 2.91. The lowest BCUT2D eigenvalue weighted by molar-refractivity contribution is -0.138. The molecule has 0 saturated heterocycles. The van der Waals surface area contributed by atoms with Gasteiger partial charge in [-0.2, -0.15) is 0 Å². The number of nitrogens with zero attached hydrogens (tertiary/aromatic N) is 1. The molecule has 106 valence electrons. The van der Waals surface area contributed by atoms with Gasteiger partial charge in [0.15, 0.2) is 0 Å². The van der Waals surface area contributed by atoms with Crippen LogP contribution in [0.25, 0.3) is 0 Å². The quantitative estimate of drug-likeness (QED) is 0.653. The number of carbonyl (C=O) groups excluding carboxylic acids is 1. The number of hydrogen-bond donors (Lipinski definition) is 2. The average Bonchev–Trinajstić information content (AvgIpc) is 2.26. The van der Waals surface area contributed by atoms with E-state index in [1.807, 2.05) is 0 Å². The van der Waals surface area contributed by atoms with Crippen molar-refractivity contribution in [1.29, 1.82) is 0 Å². The van der Waals surface area contributed by atoms with Gasteiger partial charge in [0, 0.05) is 26.4 Å². The van der Waals surface area contributed by atoms with Gasteiger partial charge >= 0.3 is 5.97 Å². The number of hydrogen-bond acceptors (Lipinski definition) is 3. The van der Waals surface area contributed by atoms with Crippen molar-refractivity contribution in [3.63, 3.8) is 0 Å². The van der Waals surface area contributed by atoms with Gasteiger partial charge in [-0.3, -0.25) is 9.59 Å². The Balaban J connectivity index is 4.00. The summed E-state index contributed by atoms with van der Waals surface area (Å²) in [6.45, 7) is 5.24. The van der Waals surface area contributed by atoms with E-state index in [0.717, 1.165) is 6.42 Å². The molecule has 0 aromatic rings. The average molecular weight is 258 g/mol. The highest BCUT2D eigenvalue weighted by Gasteiger charge is 2.16. The van der Waals surface area contributed by atoms with Crippen molar-refractivity contribution in [3.8, 4) is 0 Å². The first-order valence-corrected chi connectivity index (χ1v) is 6.52. The van der Waals surface area contributed by atoms with Crippen LogP contribution in [0.4, 0.5) is 0 Å². The lowest BCUT2D eigenvalue weighted by Crippen LogP contribution is -2.31. The highest BCUT2D eigenvalue weighted by Crippen LogP contribution is 2.15. The van der Waals surface area contributed by atoms with E-state index in [1.54, 1.807) is 11.9 Å². The molecule has 1 atom stereocenters. The molecule has 18 heavy (non-hydrogen) atoms. The fraction of sp³-hybridized carbons (Fsp3) is 0.846. The summed E-state index contributed by atoms with van der Waals surface area (Å²) in [6, 6.07) is 0. The van der Waals surface area contributed by atoms with Gasteiger partial charge in [-0.1, -0.05) is 13.8 Å². The number of rotatable bonds is 9. The Morgan fingerprint density at radius 3 is 2.39 bits per heavy atom. The highest BCUT2D eigenvalue weighted by molar-refractivity contribution is 5.76. The Kier molecular flexibility index (Phi) is 8.37. The number of amides is 1. The summed E-state index contributed by atoms with van der Waals surface area (Å²) in [5.74, 6) is -0.0185. The minimum absolute atomic E-state index is 0.0523. The second kappa shape index (κ2) is 8.91. The van der Waals surface area contributed by atoms with Crippen LogP contribution in [0.5, 0.6) is 0 Å².